The number of nitrogens with two attached hydrogens (primary N) is 1. The summed E-state index contributed by atoms with van der Waals surface area (Å²) < 4.78 is 1.67. The lowest BCUT2D eigenvalue weighted by Crippen LogP contribution is -2.23. The van der Waals surface area contributed by atoms with E-state index in [0.29, 0.717) is 17.9 Å². The fourth-order valence-electron chi connectivity index (χ4n) is 1.55. The highest BCUT2D eigenvalue weighted by atomic mass is 35.5. The molecular weight excluding hydrogens is 268 g/mol. The number of carbonyl (C=O) groups is 1. The van der Waals surface area contributed by atoms with Gasteiger partial charge in [-0.1, -0.05) is 11.6 Å². The fraction of sp³-hybridized carbons (Fsp3) is 0.182. The Morgan fingerprint density at radius 2 is 2.32 bits per heavy atom. The number of aromatic nitrogens is 3. The SMILES string of the molecule is Cn1cc(CNC(=O)c2cc(Cl)nc(NN)c2)cn1. The molecule has 0 atom stereocenters. The second-order valence-electron chi connectivity index (χ2n) is 3.91. The lowest BCUT2D eigenvalue weighted by molar-refractivity contribution is 0.0951. The summed E-state index contributed by atoms with van der Waals surface area (Å²) in [5, 5.41) is 6.97. The van der Waals surface area contributed by atoms with Crippen molar-refractivity contribution in [3.8, 4) is 0 Å². The zero-order valence-electron chi connectivity index (χ0n) is 10.2. The Balaban J connectivity index is 2.05. The predicted molar refractivity (Wildman–Crippen MR) is 71.4 cm³/mol. The van der Waals surface area contributed by atoms with E-state index in [4.69, 9.17) is 17.4 Å². The Labute approximate surface area is 114 Å². The Kier molecular flexibility index (Phi) is 3.98. The molecule has 0 unspecified atom stereocenters. The van der Waals surface area contributed by atoms with Crippen molar-refractivity contribution in [2.45, 2.75) is 6.54 Å². The number of nitrogen functional groups attached to an aromatic ring is 1. The molecule has 0 saturated heterocycles. The molecule has 0 aliphatic rings. The largest absolute Gasteiger partial charge is 0.348 e. The lowest BCUT2D eigenvalue weighted by Gasteiger charge is -2.06. The molecule has 0 radical (unpaired) electrons. The van der Waals surface area contributed by atoms with Crippen LogP contribution in [-0.2, 0) is 13.6 Å². The molecule has 2 aromatic heterocycles. The molecule has 7 nitrogen and oxygen atoms in total. The van der Waals surface area contributed by atoms with E-state index >= 15 is 0 Å². The third-order valence-electron chi connectivity index (χ3n) is 2.42. The van der Waals surface area contributed by atoms with Crippen molar-refractivity contribution in [3.05, 3.63) is 40.8 Å². The van der Waals surface area contributed by atoms with E-state index in [1.807, 2.05) is 13.2 Å². The van der Waals surface area contributed by atoms with E-state index in [9.17, 15) is 4.79 Å². The first-order chi connectivity index (χ1) is 9.08. The number of hydrogen-bond donors (Lipinski definition) is 3. The minimum atomic E-state index is -0.260. The first-order valence-electron chi connectivity index (χ1n) is 5.48. The van der Waals surface area contributed by atoms with Gasteiger partial charge in [-0.15, -0.1) is 0 Å². The number of nitrogens with zero attached hydrogens (tertiary/aromatic N) is 3. The maximum absolute atomic E-state index is 12.0. The average Bonchev–Trinajstić information content (AvgIpc) is 2.81. The van der Waals surface area contributed by atoms with Crippen LogP contribution in [0.1, 0.15) is 15.9 Å². The first kappa shape index (κ1) is 13.3. The number of hydrazine groups is 1. The Bertz CT molecular complexity index is 597. The number of amides is 1. The smallest absolute Gasteiger partial charge is 0.251 e. The summed E-state index contributed by atoms with van der Waals surface area (Å²) in [4.78, 5) is 15.8. The van der Waals surface area contributed by atoms with Crippen molar-refractivity contribution < 1.29 is 4.79 Å². The molecule has 0 spiro atoms. The minimum Gasteiger partial charge on any atom is -0.348 e. The van der Waals surface area contributed by atoms with Gasteiger partial charge in [0, 0.05) is 30.9 Å². The topological polar surface area (TPSA) is 97.9 Å². The van der Waals surface area contributed by atoms with Crippen molar-refractivity contribution in [1.82, 2.24) is 20.1 Å². The molecule has 19 heavy (non-hydrogen) atoms. The summed E-state index contributed by atoms with van der Waals surface area (Å²) in [6.07, 6.45) is 3.51. The maximum atomic E-state index is 12.0. The van der Waals surface area contributed by atoms with E-state index in [-0.39, 0.29) is 11.1 Å². The molecule has 4 N–H and O–H groups in total. The third kappa shape index (κ3) is 3.43. The van der Waals surface area contributed by atoms with Crippen LogP contribution >= 0.6 is 11.6 Å². The van der Waals surface area contributed by atoms with Gasteiger partial charge in [-0.2, -0.15) is 5.10 Å². The van der Waals surface area contributed by atoms with Crippen LogP contribution < -0.4 is 16.6 Å². The van der Waals surface area contributed by atoms with Crippen molar-refractivity contribution in [2.24, 2.45) is 12.9 Å². The van der Waals surface area contributed by atoms with E-state index in [2.05, 4.69) is 20.8 Å². The van der Waals surface area contributed by atoms with Crippen LogP contribution in [0.25, 0.3) is 0 Å². The van der Waals surface area contributed by atoms with Gasteiger partial charge in [0.2, 0.25) is 0 Å². The quantitative estimate of drug-likeness (QED) is 0.435. The molecule has 2 aromatic rings. The standard InChI is InChI=1S/C11H13ClN6O/c1-18-6-7(5-15-18)4-14-11(19)8-2-9(12)16-10(3-8)17-13/h2-3,5-6H,4,13H2,1H3,(H,14,19)(H,16,17). The predicted octanol–water partition coefficient (Wildman–Crippen LogP) is 0.684. The van der Waals surface area contributed by atoms with Gasteiger partial charge in [-0.05, 0) is 12.1 Å². The Morgan fingerprint density at radius 3 is 2.95 bits per heavy atom. The zero-order valence-corrected chi connectivity index (χ0v) is 11.0. The highest BCUT2D eigenvalue weighted by Crippen LogP contribution is 2.13. The molecule has 1 amide bonds. The van der Waals surface area contributed by atoms with E-state index < -0.39 is 0 Å². The number of hydrogen-bond acceptors (Lipinski definition) is 5. The lowest BCUT2D eigenvalue weighted by atomic mass is 10.2. The number of carbonyl (C=O) groups excluding carboxylic acids is 1. The summed E-state index contributed by atoms with van der Waals surface area (Å²) in [7, 11) is 1.81. The van der Waals surface area contributed by atoms with E-state index in [1.165, 1.54) is 12.1 Å². The average molecular weight is 281 g/mol. The van der Waals surface area contributed by atoms with Gasteiger partial charge in [0.05, 0.1) is 6.20 Å². The van der Waals surface area contributed by atoms with Crippen molar-refractivity contribution in [3.63, 3.8) is 0 Å². The third-order valence-corrected chi connectivity index (χ3v) is 2.61. The van der Waals surface area contributed by atoms with Crippen LogP contribution in [0.3, 0.4) is 0 Å². The van der Waals surface area contributed by atoms with Gasteiger partial charge >= 0.3 is 0 Å². The van der Waals surface area contributed by atoms with Crippen LogP contribution in [0, 0.1) is 0 Å². The number of rotatable bonds is 4. The van der Waals surface area contributed by atoms with Crippen LogP contribution in [-0.4, -0.2) is 20.7 Å². The maximum Gasteiger partial charge on any atom is 0.251 e. The highest BCUT2D eigenvalue weighted by Gasteiger charge is 2.09. The molecule has 100 valence electrons. The molecule has 2 heterocycles. The van der Waals surface area contributed by atoms with Gasteiger partial charge in [0.25, 0.3) is 5.91 Å². The summed E-state index contributed by atoms with van der Waals surface area (Å²) in [6, 6.07) is 2.99. The van der Waals surface area contributed by atoms with Gasteiger partial charge in [0.1, 0.15) is 11.0 Å². The second kappa shape index (κ2) is 5.68. The molecule has 0 fully saturated rings. The van der Waals surface area contributed by atoms with Gasteiger partial charge in [-0.25, -0.2) is 10.8 Å². The van der Waals surface area contributed by atoms with Gasteiger partial charge in [-0.3, -0.25) is 9.48 Å². The number of aryl methyl sites for hydroxylation is 1. The summed E-state index contributed by atoms with van der Waals surface area (Å²) in [6.45, 7) is 0.387. The normalized spacial score (nSPS) is 10.3. The number of nitrogens with one attached hydrogen (secondary N) is 2. The number of anilines is 1. The number of pyridine rings is 1. The van der Waals surface area contributed by atoms with Crippen molar-refractivity contribution in [1.29, 1.82) is 0 Å². The van der Waals surface area contributed by atoms with Crippen molar-refractivity contribution >= 4 is 23.3 Å². The fourth-order valence-corrected chi connectivity index (χ4v) is 1.76. The zero-order chi connectivity index (χ0) is 13.8. The van der Waals surface area contributed by atoms with E-state index in [1.54, 1.807) is 10.9 Å². The Hall–Kier alpha value is -2.12. The van der Waals surface area contributed by atoms with Gasteiger partial charge < -0.3 is 10.7 Å². The minimum absolute atomic E-state index is 0.196. The van der Waals surface area contributed by atoms with Crippen LogP contribution in [0.2, 0.25) is 5.15 Å². The first-order valence-corrected chi connectivity index (χ1v) is 5.86. The van der Waals surface area contributed by atoms with Crippen LogP contribution in [0.15, 0.2) is 24.5 Å². The molecule has 2 rings (SSSR count). The van der Waals surface area contributed by atoms with Gasteiger partial charge in [0.15, 0.2) is 0 Å². The van der Waals surface area contributed by atoms with Crippen LogP contribution in [0.4, 0.5) is 5.82 Å². The molecule has 0 bridgehead atoms. The van der Waals surface area contributed by atoms with E-state index in [0.717, 1.165) is 5.56 Å². The molecule has 0 aliphatic carbocycles. The monoisotopic (exact) mass is 280 g/mol. The summed E-state index contributed by atoms with van der Waals surface area (Å²) in [5.41, 5.74) is 3.65. The second-order valence-corrected chi connectivity index (χ2v) is 4.30. The van der Waals surface area contributed by atoms with Crippen LogP contribution in [0.5, 0.6) is 0 Å². The van der Waals surface area contributed by atoms with Crippen molar-refractivity contribution in [2.75, 3.05) is 5.43 Å². The summed E-state index contributed by atoms with van der Waals surface area (Å²) >= 11 is 5.79. The molecule has 0 aromatic carbocycles. The molecule has 0 aliphatic heterocycles. The molecular formula is C11H13ClN6O. The summed E-state index contributed by atoms with van der Waals surface area (Å²) in [5.74, 6) is 5.31. The highest BCUT2D eigenvalue weighted by molar-refractivity contribution is 6.29. The molecule has 0 saturated carbocycles. The Morgan fingerprint density at radius 1 is 1.53 bits per heavy atom. The molecule has 8 heteroatoms. The number of halogens is 1.